The zero-order valence-electron chi connectivity index (χ0n) is 14.6. The molecule has 0 aromatic heterocycles. The highest BCUT2D eigenvalue weighted by Gasteiger charge is 2.09. The minimum atomic E-state index is 0.131. The highest BCUT2D eigenvalue weighted by Crippen LogP contribution is 2.17. The molecule has 0 spiro atoms. The van der Waals surface area contributed by atoms with E-state index in [9.17, 15) is 4.79 Å². The lowest BCUT2D eigenvalue weighted by Gasteiger charge is -2.17. The third kappa shape index (κ3) is 15.8. The van der Waals surface area contributed by atoms with Crippen molar-refractivity contribution >= 4 is 5.78 Å². The maximum Gasteiger partial charge on any atom is 0.135 e. The van der Waals surface area contributed by atoms with Crippen LogP contribution >= 0.6 is 0 Å². The molecule has 0 amide bonds. The molecular formula is C17H34O4. The lowest BCUT2D eigenvalue weighted by atomic mass is 9.93. The number of carbonyl (C=O) groups is 1. The Balaban J connectivity index is 3.14. The van der Waals surface area contributed by atoms with Crippen molar-refractivity contribution < 1.29 is 19.0 Å². The van der Waals surface area contributed by atoms with Crippen LogP contribution < -0.4 is 0 Å². The minimum absolute atomic E-state index is 0.131. The maximum atomic E-state index is 11.4. The minimum Gasteiger partial charge on any atom is -0.379 e. The van der Waals surface area contributed by atoms with Crippen LogP contribution in [0.2, 0.25) is 0 Å². The molecule has 126 valence electrons. The molecule has 0 atom stereocenters. The van der Waals surface area contributed by atoms with Crippen LogP contribution in [-0.4, -0.2) is 45.4 Å². The van der Waals surface area contributed by atoms with Crippen LogP contribution in [0.5, 0.6) is 0 Å². The van der Waals surface area contributed by atoms with E-state index in [1.807, 2.05) is 13.8 Å². The highest BCUT2D eigenvalue weighted by atomic mass is 16.5. The normalized spacial score (nSPS) is 12.1. The van der Waals surface area contributed by atoms with Gasteiger partial charge in [-0.1, -0.05) is 34.6 Å². The largest absolute Gasteiger partial charge is 0.379 e. The first-order valence-electron chi connectivity index (χ1n) is 8.09. The second kappa shape index (κ2) is 12.1. The van der Waals surface area contributed by atoms with E-state index in [0.29, 0.717) is 50.7 Å². The molecule has 0 radical (unpaired) electrons. The lowest BCUT2D eigenvalue weighted by Crippen LogP contribution is -2.13. The molecule has 0 fully saturated rings. The predicted molar refractivity (Wildman–Crippen MR) is 85.6 cm³/mol. The van der Waals surface area contributed by atoms with Gasteiger partial charge in [0, 0.05) is 25.6 Å². The van der Waals surface area contributed by atoms with Gasteiger partial charge in [0.05, 0.1) is 26.4 Å². The van der Waals surface area contributed by atoms with E-state index in [4.69, 9.17) is 14.2 Å². The molecule has 0 unspecified atom stereocenters. The Hall–Kier alpha value is -0.450. The van der Waals surface area contributed by atoms with E-state index in [1.165, 1.54) is 0 Å². The van der Waals surface area contributed by atoms with Gasteiger partial charge in [0.1, 0.15) is 5.78 Å². The van der Waals surface area contributed by atoms with Crippen LogP contribution in [0.25, 0.3) is 0 Å². The molecule has 0 aliphatic carbocycles. The van der Waals surface area contributed by atoms with Crippen molar-refractivity contribution in [3.8, 4) is 0 Å². The Labute approximate surface area is 130 Å². The number of hydrogen-bond donors (Lipinski definition) is 0. The summed E-state index contributed by atoms with van der Waals surface area (Å²) < 4.78 is 16.3. The van der Waals surface area contributed by atoms with Crippen molar-refractivity contribution in [2.24, 2.45) is 11.3 Å². The van der Waals surface area contributed by atoms with E-state index in [1.54, 1.807) is 0 Å². The van der Waals surface area contributed by atoms with E-state index < -0.39 is 0 Å². The Morgan fingerprint density at radius 2 is 1.33 bits per heavy atom. The lowest BCUT2D eigenvalue weighted by molar-refractivity contribution is -0.122. The Morgan fingerprint density at radius 3 is 1.81 bits per heavy atom. The van der Waals surface area contributed by atoms with Crippen molar-refractivity contribution in [3.63, 3.8) is 0 Å². The monoisotopic (exact) mass is 302 g/mol. The molecular weight excluding hydrogens is 268 g/mol. The van der Waals surface area contributed by atoms with Gasteiger partial charge in [0.15, 0.2) is 0 Å². The van der Waals surface area contributed by atoms with Crippen LogP contribution in [0.15, 0.2) is 0 Å². The van der Waals surface area contributed by atoms with Crippen LogP contribution in [0.3, 0.4) is 0 Å². The van der Waals surface area contributed by atoms with Gasteiger partial charge in [-0.05, 0) is 18.3 Å². The van der Waals surface area contributed by atoms with E-state index in [2.05, 4.69) is 20.8 Å². The topological polar surface area (TPSA) is 44.8 Å². The fourth-order valence-corrected chi connectivity index (χ4v) is 1.56. The van der Waals surface area contributed by atoms with Gasteiger partial charge >= 0.3 is 0 Å². The van der Waals surface area contributed by atoms with E-state index in [0.717, 1.165) is 19.4 Å². The first-order valence-corrected chi connectivity index (χ1v) is 8.09. The summed E-state index contributed by atoms with van der Waals surface area (Å²) in [5.74, 6) is 0.439. The van der Waals surface area contributed by atoms with Gasteiger partial charge in [-0.2, -0.15) is 0 Å². The van der Waals surface area contributed by atoms with Gasteiger partial charge in [0.25, 0.3) is 0 Å². The average Bonchev–Trinajstić information content (AvgIpc) is 2.38. The Kier molecular flexibility index (Phi) is 11.9. The summed E-state index contributed by atoms with van der Waals surface area (Å²) in [6, 6.07) is 0. The third-order valence-corrected chi connectivity index (χ3v) is 3.10. The van der Waals surface area contributed by atoms with E-state index >= 15 is 0 Å². The summed E-state index contributed by atoms with van der Waals surface area (Å²) in [4.78, 5) is 11.4. The maximum absolute atomic E-state index is 11.4. The van der Waals surface area contributed by atoms with Crippen LogP contribution in [0.4, 0.5) is 0 Å². The summed E-state index contributed by atoms with van der Waals surface area (Å²) in [5, 5.41) is 0. The third-order valence-electron chi connectivity index (χ3n) is 3.10. The molecule has 0 aromatic rings. The van der Waals surface area contributed by atoms with Gasteiger partial charge in [0.2, 0.25) is 0 Å². The van der Waals surface area contributed by atoms with Gasteiger partial charge in [-0.25, -0.2) is 0 Å². The molecule has 0 saturated heterocycles. The van der Waals surface area contributed by atoms with Crippen molar-refractivity contribution in [2.45, 2.75) is 53.9 Å². The predicted octanol–water partition coefficient (Wildman–Crippen LogP) is 3.48. The fraction of sp³-hybridized carbons (Fsp3) is 0.941. The van der Waals surface area contributed by atoms with Crippen LogP contribution in [0.1, 0.15) is 53.9 Å². The summed E-state index contributed by atoms with van der Waals surface area (Å²) in [7, 11) is 0. The standard InChI is InChI=1S/C17H34O4/c1-15(2)16(18)7-6-9-19-11-13-21-14-12-20-10-8-17(3,4)5/h15H,6-14H2,1-5H3. The SMILES string of the molecule is CC(C)C(=O)CCCOCCOCCOCCC(C)(C)C. The Bertz CT molecular complexity index is 256. The first kappa shape index (κ1) is 20.6. The number of hydrogen-bond acceptors (Lipinski definition) is 4. The summed E-state index contributed by atoms with van der Waals surface area (Å²) in [6.45, 7) is 14.3. The van der Waals surface area contributed by atoms with Crippen molar-refractivity contribution in [3.05, 3.63) is 0 Å². The van der Waals surface area contributed by atoms with Crippen molar-refractivity contribution in [2.75, 3.05) is 39.6 Å². The summed E-state index contributed by atoms with van der Waals surface area (Å²) in [5.41, 5.74) is 0.325. The Morgan fingerprint density at radius 1 is 0.857 bits per heavy atom. The molecule has 4 heteroatoms. The second-order valence-corrected chi connectivity index (χ2v) is 6.87. The molecule has 21 heavy (non-hydrogen) atoms. The molecule has 0 aliphatic rings. The van der Waals surface area contributed by atoms with Gasteiger partial charge in [-0.15, -0.1) is 0 Å². The molecule has 0 heterocycles. The van der Waals surface area contributed by atoms with Crippen molar-refractivity contribution in [1.82, 2.24) is 0 Å². The quantitative estimate of drug-likeness (QED) is 0.489. The number of carbonyl (C=O) groups excluding carboxylic acids is 1. The number of rotatable bonds is 13. The molecule has 4 nitrogen and oxygen atoms in total. The molecule has 0 aromatic carbocycles. The number of ketones is 1. The smallest absolute Gasteiger partial charge is 0.135 e. The summed E-state index contributed by atoms with van der Waals surface area (Å²) in [6.07, 6.45) is 2.47. The average molecular weight is 302 g/mol. The van der Waals surface area contributed by atoms with Gasteiger partial charge in [-0.3, -0.25) is 4.79 Å². The number of ether oxygens (including phenoxy) is 3. The molecule has 0 saturated carbocycles. The van der Waals surface area contributed by atoms with Crippen LogP contribution in [0, 0.1) is 11.3 Å². The fourth-order valence-electron chi connectivity index (χ4n) is 1.56. The molecule has 0 bridgehead atoms. The van der Waals surface area contributed by atoms with E-state index in [-0.39, 0.29) is 5.92 Å². The van der Waals surface area contributed by atoms with Crippen LogP contribution in [-0.2, 0) is 19.0 Å². The van der Waals surface area contributed by atoms with Crippen molar-refractivity contribution in [1.29, 1.82) is 0 Å². The molecule has 0 aliphatic heterocycles. The number of Topliss-reactive ketones (excluding diaryl/α,β-unsaturated/α-hetero) is 1. The molecule has 0 rings (SSSR count). The highest BCUT2D eigenvalue weighted by molar-refractivity contribution is 5.80. The first-order chi connectivity index (χ1) is 9.83. The second-order valence-electron chi connectivity index (χ2n) is 6.87. The zero-order chi connectivity index (χ0) is 16.1. The zero-order valence-corrected chi connectivity index (χ0v) is 14.6. The molecule has 0 N–H and O–H groups in total. The van der Waals surface area contributed by atoms with Gasteiger partial charge < -0.3 is 14.2 Å². The summed E-state index contributed by atoms with van der Waals surface area (Å²) >= 11 is 0.